The average Bonchev–Trinajstić information content (AvgIpc) is 2.68. The van der Waals surface area contributed by atoms with Gasteiger partial charge in [-0.05, 0) is 24.0 Å². The molecule has 19 heavy (non-hydrogen) atoms. The maximum Gasteiger partial charge on any atom is 0.208 e. The first-order chi connectivity index (χ1) is 9.11. The Hall–Kier alpha value is -1.61. The molecule has 1 aliphatic heterocycles. The molecule has 3 heteroatoms. The van der Waals surface area contributed by atoms with Crippen molar-refractivity contribution in [2.75, 3.05) is 0 Å². The van der Waals surface area contributed by atoms with E-state index in [2.05, 4.69) is 0 Å². The summed E-state index contributed by atoms with van der Waals surface area (Å²) in [4.78, 5) is 1.04. The highest BCUT2D eigenvalue weighted by atomic mass is 32.2. The second kappa shape index (κ2) is 4.20. The highest BCUT2D eigenvalue weighted by molar-refractivity contribution is 7.92. The van der Waals surface area contributed by atoms with E-state index in [-0.39, 0.29) is 0 Å². The Morgan fingerprint density at radius 3 is 1.58 bits per heavy atom. The lowest BCUT2D eigenvalue weighted by Crippen LogP contribution is -2.03. The minimum atomic E-state index is -3.35. The van der Waals surface area contributed by atoms with Gasteiger partial charge in [0.2, 0.25) is 9.84 Å². The van der Waals surface area contributed by atoms with E-state index >= 15 is 0 Å². The zero-order chi connectivity index (χ0) is 13.6. The van der Waals surface area contributed by atoms with E-state index < -0.39 is 9.84 Å². The lowest BCUT2D eigenvalue weighted by molar-refractivity contribution is 0.597. The predicted octanol–water partition coefficient (Wildman–Crippen LogP) is 3.62. The number of benzene rings is 2. The summed E-state index contributed by atoms with van der Waals surface area (Å²) in [6, 6.07) is 11.5. The molecule has 0 radical (unpaired) electrons. The van der Waals surface area contributed by atoms with Crippen LogP contribution < -0.4 is 0 Å². The summed E-state index contributed by atoms with van der Waals surface area (Å²) in [6.45, 7) is 3.99. The van der Waals surface area contributed by atoms with Crippen molar-refractivity contribution < 1.29 is 8.42 Å². The molecule has 0 aromatic heterocycles. The van der Waals surface area contributed by atoms with Crippen LogP contribution in [0.15, 0.2) is 46.2 Å². The SMILES string of the molecule is CCc1cccc2c1S(=O)(=O)c1c(CC)cccc1-2. The first kappa shape index (κ1) is 12.4. The normalized spacial score (nSPS) is 15.1. The molecular weight excluding hydrogens is 256 g/mol. The van der Waals surface area contributed by atoms with Gasteiger partial charge in [-0.15, -0.1) is 0 Å². The van der Waals surface area contributed by atoms with Gasteiger partial charge in [-0.25, -0.2) is 8.42 Å². The Balaban J connectivity index is 2.46. The largest absolute Gasteiger partial charge is 0.218 e. The molecule has 1 aliphatic rings. The van der Waals surface area contributed by atoms with Crippen molar-refractivity contribution in [3.05, 3.63) is 47.5 Å². The van der Waals surface area contributed by atoms with Gasteiger partial charge in [0.1, 0.15) is 0 Å². The molecule has 0 N–H and O–H groups in total. The maximum absolute atomic E-state index is 12.8. The van der Waals surface area contributed by atoms with Gasteiger partial charge in [0, 0.05) is 11.1 Å². The second-order valence-electron chi connectivity index (χ2n) is 4.80. The maximum atomic E-state index is 12.8. The number of fused-ring (bicyclic) bond motifs is 3. The number of sulfone groups is 1. The minimum absolute atomic E-state index is 0.522. The van der Waals surface area contributed by atoms with E-state index in [9.17, 15) is 8.42 Å². The number of hydrogen-bond acceptors (Lipinski definition) is 2. The van der Waals surface area contributed by atoms with Gasteiger partial charge in [-0.3, -0.25) is 0 Å². The van der Waals surface area contributed by atoms with Crippen molar-refractivity contribution >= 4 is 9.84 Å². The van der Waals surface area contributed by atoms with E-state index in [1.165, 1.54) is 0 Å². The summed E-state index contributed by atoms with van der Waals surface area (Å²) in [5.41, 5.74) is 3.56. The Kier molecular flexibility index (Phi) is 2.75. The van der Waals surface area contributed by atoms with Gasteiger partial charge in [-0.1, -0.05) is 50.2 Å². The quantitative estimate of drug-likeness (QED) is 0.714. The van der Waals surface area contributed by atoms with Crippen molar-refractivity contribution in [1.82, 2.24) is 0 Å². The fraction of sp³-hybridized carbons (Fsp3) is 0.250. The molecule has 0 unspecified atom stereocenters. The summed E-state index contributed by atoms with van der Waals surface area (Å²) in [6.07, 6.45) is 1.47. The van der Waals surface area contributed by atoms with Crippen LogP contribution in [0.3, 0.4) is 0 Å². The van der Waals surface area contributed by atoms with Gasteiger partial charge in [0.25, 0.3) is 0 Å². The van der Waals surface area contributed by atoms with Crippen molar-refractivity contribution in [2.45, 2.75) is 36.5 Å². The zero-order valence-electron chi connectivity index (χ0n) is 11.1. The standard InChI is InChI=1S/C16H16O2S/c1-3-11-7-5-9-13-14-10-6-8-12(4-2)16(14)19(17,18)15(11)13/h5-10H,3-4H2,1-2H3. The predicted molar refractivity (Wildman–Crippen MR) is 76.1 cm³/mol. The second-order valence-corrected chi connectivity index (χ2v) is 6.62. The Bertz CT molecular complexity index is 699. The molecule has 0 saturated heterocycles. The summed E-state index contributed by atoms with van der Waals surface area (Å²) in [7, 11) is -3.35. The van der Waals surface area contributed by atoms with Gasteiger partial charge >= 0.3 is 0 Å². The molecule has 2 aromatic rings. The van der Waals surface area contributed by atoms with Crippen LogP contribution in [0, 0.1) is 0 Å². The van der Waals surface area contributed by atoms with Crippen LogP contribution in [0.5, 0.6) is 0 Å². The molecule has 0 aliphatic carbocycles. The first-order valence-corrected chi connectivity index (χ1v) is 8.08. The monoisotopic (exact) mass is 272 g/mol. The van der Waals surface area contributed by atoms with Crippen LogP contribution in [-0.4, -0.2) is 8.42 Å². The van der Waals surface area contributed by atoms with Crippen molar-refractivity contribution in [2.24, 2.45) is 0 Å². The Morgan fingerprint density at radius 2 is 1.21 bits per heavy atom. The summed E-state index contributed by atoms with van der Waals surface area (Å²) < 4.78 is 25.7. The number of aryl methyl sites for hydroxylation is 2. The molecule has 0 saturated carbocycles. The molecule has 0 fully saturated rings. The van der Waals surface area contributed by atoms with Crippen molar-refractivity contribution in [3.63, 3.8) is 0 Å². The minimum Gasteiger partial charge on any atom is -0.218 e. The highest BCUT2D eigenvalue weighted by Crippen LogP contribution is 2.46. The number of rotatable bonds is 2. The van der Waals surface area contributed by atoms with Gasteiger partial charge in [0.15, 0.2) is 0 Å². The summed E-state index contributed by atoms with van der Waals surface area (Å²) in [5, 5.41) is 0. The molecule has 3 rings (SSSR count). The molecule has 0 spiro atoms. The van der Waals surface area contributed by atoms with E-state index in [1.54, 1.807) is 0 Å². The number of hydrogen-bond donors (Lipinski definition) is 0. The van der Waals surface area contributed by atoms with Crippen LogP contribution in [-0.2, 0) is 22.7 Å². The van der Waals surface area contributed by atoms with Crippen LogP contribution in [0.25, 0.3) is 11.1 Å². The van der Waals surface area contributed by atoms with Crippen LogP contribution in [0.2, 0.25) is 0 Å². The van der Waals surface area contributed by atoms with Gasteiger partial charge in [-0.2, -0.15) is 0 Å². The smallest absolute Gasteiger partial charge is 0.208 e. The average molecular weight is 272 g/mol. The van der Waals surface area contributed by atoms with Crippen LogP contribution >= 0.6 is 0 Å². The topological polar surface area (TPSA) is 34.1 Å². The molecular formula is C16H16O2S. The molecule has 1 heterocycles. The highest BCUT2D eigenvalue weighted by Gasteiger charge is 2.36. The van der Waals surface area contributed by atoms with Gasteiger partial charge in [0.05, 0.1) is 9.79 Å². The van der Waals surface area contributed by atoms with Crippen molar-refractivity contribution in [1.29, 1.82) is 0 Å². The van der Waals surface area contributed by atoms with Crippen molar-refractivity contribution in [3.8, 4) is 11.1 Å². The summed E-state index contributed by atoms with van der Waals surface area (Å²) in [5.74, 6) is 0. The summed E-state index contributed by atoms with van der Waals surface area (Å²) >= 11 is 0. The zero-order valence-corrected chi connectivity index (χ0v) is 11.9. The lowest BCUT2D eigenvalue weighted by Gasteiger charge is -2.06. The third kappa shape index (κ3) is 1.58. The van der Waals surface area contributed by atoms with E-state index in [1.807, 2.05) is 50.2 Å². The van der Waals surface area contributed by atoms with E-state index in [0.717, 1.165) is 35.1 Å². The molecule has 2 aromatic carbocycles. The van der Waals surface area contributed by atoms with Crippen LogP contribution in [0.4, 0.5) is 0 Å². The fourth-order valence-corrected chi connectivity index (χ4v) is 5.14. The third-order valence-corrected chi connectivity index (χ3v) is 5.82. The first-order valence-electron chi connectivity index (χ1n) is 6.60. The van der Waals surface area contributed by atoms with E-state index in [4.69, 9.17) is 0 Å². The molecule has 0 atom stereocenters. The van der Waals surface area contributed by atoms with Crippen LogP contribution in [0.1, 0.15) is 25.0 Å². The molecule has 2 nitrogen and oxygen atoms in total. The van der Waals surface area contributed by atoms with Gasteiger partial charge < -0.3 is 0 Å². The molecule has 0 bridgehead atoms. The Morgan fingerprint density at radius 1 is 0.789 bits per heavy atom. The lowest BCUT2D eigenvalue weighted by atomic mass is 10.00. The fourth-order valence-electron chi connectivity index (χ4n) is 2.89. The Labute approximate surface area is 114 Å². The molecule has 98 valence electrons. The third-order valence-electron chi connectivity index (χ3n) is 3.78. The van der Waals surface area contributed by atoms with E-state index in [0.29, 0.717) is 9.79 Å². The molecule has 0 amide bonds.